The van der Waals surface area contributed by atoms with Crippen LogP contribution in [0.15, 0.2) is 30.3 Å². The van der Waals surface area contributed by atoms with Gasteiger partial charge in [0, 0.05) is 57.3 Å². The van der Waals surface area contributed by atoms with Crippen molar-refractivity contribution in [2.24, 2.45) is 0 Å². The van der Waals surface area contributed by atoms with Gasteiger partial charge in [-0.2, -0.15) is 17.0 Å². The molecule has 1 aromatic carbocycles. The first-order valence-corrected chi connectivity index (χ1v) is 10.6. The summed E-state index contributed by atoms with van der Waals surface area (Å²) in [5.41, 5.74) is 2.51. The number of hydrogen-bond donors (Lipinski definition) is 0. The molecule has 1 aromatic heterocycles. The van der Waals surface area contributed by atoms with Crippen LogP contribution in [-0.4, -0.2) is 73.1 Å². The predicted octanol–water partition coefficient (Wildman–Crippen LogP) is 1.68. The zero-order valence-corrected chi connectivity index (χ0v) is 16.4. The number of rotatable bonds is 4. The van der Waals surface area contributed by atoms with Gasteiger partial charge in [0.25, 0.3) is 16.1 Å². The van der Waals surface area contributed by atoms with E-state index in [1.54, 1.807) is 4.90 Å². The standard InChI is InChI=1S/C19H24N4O3S/c1-21(2)27(25,26)23-11-9-22(10-12-23)19(24)16-13-18(14-7-8-14)20-17-6-4-3-5-15(16)17/h3-6,13-14H,7-12H2,1-2H3. The molecule has 4 rings (SSSR count). The first-order chi connectivity index (χ1) is 12.9. The quantitative estimate of drug-likeness (QED) is 0.799. The van der Waals surface area contributed by atoms with E-state index in [0.29, 0.717) is 37.7 Å². The van der Waals surface area contributed by atoms with Crippen molar-refractivity contribution in [3.8, 4) is 0 Å². The molecule has 2 fully saturated rings. The van der Waals surface area contributed by atoms with Gasteiger partial charge in [0.1, 0.15) is 0 Å². The van der Waals surface area contributed by atoms with Gasteiger partial charge in [0.2, 0.25) is 0 Å². The molecule has 0 N–H and O–H groups in total. The monoisotopic (exact) mass is 388 g/mol. The molecular formula is C19H24N4O3S. The van der Waals surface area contributed by atoms with Gasteiger partial charge in [-0.05, 0) is 25.0 Å². The number of pyridine rings is 1. The Hall–Kier alpha value is -2.03. The molecule has 2 heterocycles. The average Bonchev–Trinajstić information content (AvgIpc) is 3.52. The number of piperazine rings is 1. The highest BCUT2D eigenvalue weighted by Crippen LogP contribution is 2.40. The summed E-state index contributed by atoms with van der Waals surface area (Å²) in [7, 11) is -0.393. The van der Waals surface area contributed by atoms with Crippen LogP contribution in [0, 0.1) is 0 Å². The molecule has 0 unspecified atom stereocenters. The molecule has 8 heteroatoms. The molecule has 144 valence electrons. The zero-order chi connectivity index (χ0) is 19.2. The average molecular weight is 388 g/mol. The molecule has 1 aliphatic heterocycles. The van der Waals surface area contributed by atoms with E-state index in [1.165, 1.54) is 22.7 Å². The van der Waals surface area contributed by atoms with Crippen LogP contribution in [0.25, 0.3) is 10.9 Å². The lowest BCUT2D eigenvalue weighted by Crippen LogP contribution is -2.53. The molecular weight excluding hydrogens is 364 g/mol. The number of aromatic nitrogens is 1. The molecule has 1 saturated carbocycles. The van der Waals surface area contributed by atoms with Crippen molar-refractivity contribution in [3.05, 3.63) is 41.6 Å². The van der Waals surface area contributed by atoms with Gasteiger partial charge in [0.05, 0.1) is 11.1 Å². The third-order valence-electron chi connectivity index (χ3n) is 5.28. The molecule has 0 bridgehead atoms. The van der Waals surface area contributed by atoms with Crippen LogP contribution in [0.3, 0.4) is 0 Å². The SMILES string of the molecule is CN(C)S(=O)(=O)N1CCN(C(=O)c2cc(C3CC3)nc3ccccc23)CC1. The summed E-state index contributed by atoms with van der Waals surface area (Å²) in [5, 5.41) is 0.857. The Morgan fingerprint density at radius 1 is 1.11 bits per heavy atom. The number of fused-ring (bicyclic) bond motifs is 1. The van der Waals surface area contributed by atoms with Gasteiger partial charge in [0.15, 0.2) is 0 Å². The second-order valence-electron chi connectivity index (χ2n) is 7.37. The van der Waals surface area contributed by atoms with Crippen LogP contribution in [0.4, 0.5) is 0 Å². The van der Waals surface area contributed by atoms with E-state index in [-0.39, 0.29) is 5.91 Å². The Morgan fingerprint density at radius 2 is 1.78 bits per heavy atom. The smallest absolute Gasteiger partial charge is 0.281 e. The van der Waals surface area contributed by atoms with Crippen molar-refractivity contribution in [1.82, 2.24) is 18.5 Å². The van der Waals surface area contributed by atoms with Gasteiger partial charge < -0.3 is 4.90 Å². The van der Waals surface area contributed by atoms with Gasteiger partial charge in [-0.15, -0.1) is 0 Å². The van der Waals surface area contributed by atoms with Crippen LogP contribution in [0.5, 0.6) is 0 Å². The van der Waals surface area contributed by atoms with Crippen molar-refractivity contribution in [2.45, 2.75) is 18.8 Å². The van der Waals surface area contributed by atoms with E-state index in [9.17, 15) is 13.2 Å². The molecule has 0 radical (unpaired) electrons. The summed E-state index contributed by atoms with van der Waals surface area (Å²) in [6, 6.07) is 9.66. The van der Waals surface area contributed by atoms with E-state index >= 15 is 0 Å². The largest absolute Gasteiger partial charge is 0.336 e. The van der Waals surface area contributed by atoms with E-state index in [0.717, 1.165) is 29.4 Å². The summed E-state index contributed by atoms with van der Waals surface area (Å²) in [6.07, 6.45) is 2.25. The number of para-hydroxylation sites is 1. The first-order valence-electron chi connectivity index (χ1n) is 9.24. The van der Waals surface area contributed by atoms with Gasteiger partial charge in [-0.3, -0.25) is 9.78 Å². The Morgan fingerprint density at radius 3 is 2.41 bits per heavy atom. The predicted molar refractivity (Wildman–Crippen MR) is 104 cm³/mol. The molecule has 27 heavy (non-hydrogen) atoms. The van der Waals surface area contributed by atoms with Gasteiger partial charge >= 0.3 is 0 Å². The number of carbonyl (C=O) groups is 1. The number of nitrogens with zero attached hydrogens (tertiary/aromatic N) is 4. The maximum atomic E-state index is 13.2. The number of amides is 1. The number of benzene rings is 1. The van der Waals surface area contributed by atoms with Crippen LogP contribution >= 0.6 is 0 Å². The Balaban J connectivity index is 1.59. The topological polar surface area (TPSA) is 73.8 Å². The number of carbonyl (C=O) groups excluding carboxylic acids is 1. The maximum absolute atomic E-state index is 13.2. The van der Waals surface area contributed by atoms with Crippen molar-refractivity contribution in [2.75, 3.05) is 40.3 Å². The summed E-state index contributed by atoms with van der Waals surface area (Å²) in [4.78, 5) is 19.7. The molecule has 1 saturated heterocycles. The summed E-state index contributed by atoms with van der Waals surface area (Å²) in [5.74, 6) is 0.417. The Kier molecular flexibility index (Phi) is 4.65. The fraction of sp³-hybridized carbons (Fsp3) is 0.474. The summed E-state index contributed by atoms with van der Waals surface area (Å²) in [6.45, 7) is 1.40. The molecule has 2 aromatic rings. The summed E-state index contributed by atoms with van der Waals surface area (Å²) < 4.78 is 27.2. The lowest BCUT2D eigenvalue weighted by atomic mass is 10.0. The summed E-state index contributed by atoms with van der Waals surface area (Å²) >= 11 is 0. The fourth-order valence-electron chi connectivity index (χ4n) is 3.48. The van der Waals surface area contributed by atoms with E-state index in [1.807, 2.05) is 30.3 Å². The van der Waals surface area contributed by atoms with Gasteiger partial charge in [-0.1, -0.05) is 18.2 Å². The second kappa shape index (κ2) is 6.85. The molecule has 1 aliphatic carbocycles. The third-order valence-corrected chi connectivity index (χ3v) is 7.22. The van der Waals surface area contributed by atoms with Gasteiger partial charge in [-0.25, -0.2) is 0 Å². The van der Waals surface area contributed by atoms with Crippen molar-refractivity contribution in [1.29, 1.82) is 0 Å². The van der Waals surface area contributed by atoms with E-state index in [4.69, 9.17) is 4.98 Å². The molecule has 7 nitrogen and oxygen atoms in total. The maximum Gasteiger partial charge on any atom is 0.281 e. The highest BCUT2D eigenvalue weighted by molar-refractivity contribution is 7.86. The van der Waals surface area contributed by atoms with Crippen molar-refractivity contribution < 1.29 is 13.2 Å². The fourth-order valence-corrected chi connectivity index (χ4v) is 4.57. The van der Waals surface area contributed by atoms with Crippen LogP contribution in [0.2, 0.25) is 0 Å². The molecule has 1 amide bonds. The lowest BCUT2D eigenvalue weighted by molar-refractivity contribution is 0.0697. The third kappa shape index (κ3) is 3.44. The minimum absolute atomic E-state index is 0.0441. The van der Waals surface area contributed by atoms with Crippen molar-refractivity contribution in [3.63, 3.8) is 0 Å². The molecule has 2 aliphatic rings. The highest BCUT2D eigenvalue weighted by Gasteiger charge is 2.32. The zero-order valence-electron chi connectivity index (χ0n) is 15.6. The Bertz CT molecular complexity index is 978. The molecule has 0 atom stereocenters. The first kappa shape index (κ1) is 18.3. The normalized spacial score (nSPS) is 19.0. The number of hydrogen-bond acceptors (Lipinski definition) is 4. The minimum atomic E-state index is -3.44. The second-order valence-corrected chi connectivity index (χ2v) is 9.51. The van der Waals surface area contributed by atoms with Crippen LogP contribution < -0.4 is 0 Å². The molecule has 0 spiro atoms. The van der Waals surface area contributed by atoms with E-state index in [2.05, 4.69) is 0 Å². The minimum Gasteiger partial charge on any atom is -0.336 e. The lowest BCUT2D eigenvalue weighted by Gasteiger charge is -2.35. The van der Waals surface area contributed by atoms with Crippen molar-refractivity contribution >= 4 is 27.0 Å². The Labute approximate surface area is 159 Å². The van der Waals surface area contributed by atoms with Crippen LogP contribution in [-0.2, 0) is 10.2 Å². The highest BCUT2D eigenvalue weighted by atomic mass is 32.2. The van der Waals surface area contributed by atoms with Crippen LogP contribution in [0.1, 0.15) is 34.8 Å². The van der Waals surface area contributed by atoms with E-state index < -0.39 is 10.2 Å².